The number of aryl methyl sites for hydroxylation is 1. The molecule has 2 rings (SSSR count). The van der Waals surface area contributed by atoms with Gasteiger partial charge in [0, 0.05) is 17.8 Å². The predicted octanol–water partition coefficient (Wildman–Crippen LogP) is 1.13. The van der Waals surface area contributed by atoms with Gasteiger partial charge < -0.3 is 10.7 Å². The van der Waals surface area contributed by atoms with Crippen molar-refractivity contribution in [2.45, 2.75) is 25.3 Å². The zero-order valence-corrected chi connectivity index (χ0v) is 8.06. The molecule has 1 aliphatic rings. The average molecular weight is 201 g/mol. The van der Waals surface area contributed by atoms with Gasteiger partial charge in [0.25, 0.3) is 0 Å². The van der Waals surface area contributed by atoms with Crippen molar-refractivity contribution in [3.63, 3.8) is 0 Å². The first kappa shape index (κ1) is 10.3. The van der Waals surface area contributed by atoms with E-state index in [1.54, 1.807) is 6.07 Å². The maximum absolute atomic E-state index is 11.0. The number of aromatic amines is 1. The first-order chi connectivity index (χ1) is 5.77. The molecule has 0 saturated heterocycles. The molecule has 0 amide bonds. The van der Waals surface area contributed by atoms with Crippen molar-refractivity contribution < 1.29 is 0 Å². The third-order valence-corrected chi connectivity index (χ3v) is 2.38. The minimum Gasteiger partial charge on any atom is -0.326 e. The Morgan fingerprint density at radius 3 is 3.00 bits per heavy atom. The van der Waals surface area contributed by atoms with Gasteiger partial charge in [-0.25, -0.2) is 0 Å². The number of hydrogen-bond acceptors (Lipinski definition) is 2. The third kappa shape index (κ3) is 1.92. The molecule has 0 radical (unpaired) electrons. The van der Waals surface area contributed by atoms with E-state index < -0.39 is 0 Å². The summed E-state index contributed by atoms with van der Waals surface area (Å²) < 4.78 is 0. The molecule has 1 atom stereocenters. The van der Waals surface area contributed by atoms with Gasteiger partial charge in [-0.3, -0.25) is 4.79 Å². The van der Waals surface area contributed by atoms with Crippen LogP contribution in [0.1, 0.15) is 30.1 Å². The van der Waals surface area contributed by atoms with Crippen LogP contribution in [-0.4, -0.2) is 4.98 Å². The average Bonchev–Trinajstić information content (AvgIpc) is 2.04. The summed E-state index contributed by atoms with van der Waals surface area (Å²) in [6.45, 7) is 0. The topological polar surface area (TPSA) is 58.9 Å². The Balaban J connectivity index is 0.000000845. The maximum atomic E-state index is 11.0. The molecule has 1 heterocycles. The zero-order chi connectivity index (χ0) is 8.55. The molecule has 3 N–H and O–H groups in total. The molecule has 0 aliphatic heterocycles. The van der Waals surface area contributed by atoms with Crippen LogP contribution in [0.4, 0.5) is 0 Å². The third-order valence-electron chi connectivity index (χ3n) is 2.38. The second-order valence-electron chi connectivity index (χ2n) is 3.26. The van der Waals surface area contributed by atoms with Gasteiger partial charge in [0.2, 0.25) is 5.56 Å². The van der Waals surface area contributed by atoms with Gasteiger partial charge in [-0.05, 0) is 24.8 Å². The van der Waals surface area contributed by atoms with Gasteiger partial charge in [0.05, 0.1) is 0 Å². The molecule has 1 unspecified atom stereocenters. The number of aromatic nitrogens is 1. The Morgan fingerprint density at radius 1 is 1.46 bits per heavy atom. The summed E-state index contributed by atoms with van der Waals surface area (Å²) >= 11 is 0. The quantitative estimate of drug-likeness (QED) is 0.660. The highest BCUT2D eigenvalue weighted by molar-refractivity contribution is 5.85. The Morgan fingerprint density at radius 2 is 2.23 bits per heavy atom. The molecule has 1 aromatic heterocycles. The fourth-order valence-corrected chi connectivity index (χ4v) is 1.74. The summed E-state index contributed by atoms with van der Waals surface area (Å²) in [5, 5.41) is 0. The second-order valence-corrected chi connectivity index (χ2v) is 3.26. The molecule has 13 heavy (non-hydrogen) atoms. The van der Waals surface area contributed by atoms with E-state index >= 15 is 0 Å². The highest BCUT2D eigenvalue weighted by atomic mass is 35.5. The molecule has 3 nitrogen and oxygen atoms in total. The number of hydrogen-bond donors (Lipinski definition) is 2. The summed E-state index contributed by atoms with van der Waals surface area (Å²) in [6, 6.07) is 3.51. The Hall–Kier alpha value is -0.800. The second kappa shape index (κ2) is 3.94. The van der Waals surface area contributed by atoms with E-state index in [4.69, 9.17) is 5.73 Å². The number of pyridine rings is 1. The molecule has 72 valence electrons. The number of nitrogens with two attached hydrogens (primary N) is 1. The molecule has 0 aromatic carbocycles. The summed E-state index contributed by atoms with van der Waals surface area (Å²) in [5.74, 6) is 0. The van der Waals surface area contributed by atoms with Crippen molar-refractivity contribution in [3.05, 3.63) is 33.7 Å². The van der Waals surface area contributed by atoms with Crippen LogP contribution in [-0.2, 0) is 6.42 Å². The van der Waals surface area contributed by atoms with E-state index in [2.05, 4.69) is 4.98 Å². The molecule has 1 aliphatic carbocycles. The zero-order valence-electron chi connectivity index (χ0n) is 7.25. The lowest BCUT2D eigenvalue weighted by Gasteiger charge is -2.20. The van der Waals surface area contributed by atoms with Crippen LogP contribution < -0.4 is 11.3 Å². The molecule has 4 heteroatoms. The van der Waals surface area contributed by atoms with E-state index in [0.717, 1.165) is 30.5 Å². The van der Waals surface area contributed by atoms with Gasteiger partial charge >= 0.3 is 0 Å². The minimum atomic E-state index is -0.0251. The standard InChI is InChI=1S/C9H12N2O.ClH/c10-7-2-1-3-8-6(7)4-5-9(12)11-8;/h4-5,7H,1-3,10H2,(H,11,12);1H. The van der Waals surface area contributed by atoms with Crippen LogP contribution in [0.3, 0.4) is 0 Å². The van der Waals surface area contributed by atoms with Gasteiger partial charge in [0.15, 0.2) is 0 Å². The van der Waals surface area contributed by atoms with Crippen LogP contribution in [0, 0.1) is 0 Å². The van der Waals surface area contributed by atoms with E-state index in [9.17, 15) is 4.79 Å². The van der Waals surface area contributed by atoms with Gasteiger partial charge in [-0.1, -0.05) is 6.07 Å². The summed E-state index contributed by atoms with van der Waals surface area (Å²) in [7, 11) is 0. The van der Waals surface area contributed by atoms with Crippen molar-refractivity contribution in [2.75, 3.05) is 0 Å². The Kier molecular flexibility index (Phi) is 3.12. The van der Waals surface area contributed by atoms with Gasteiger partial charge in [-0.2, -0.15) is 0 Å². The number of H-pyrrole nitrogens is 1. The summed E-state index contributed by atoms with van der Waals surface area (Å²) in [4.78, 5) is 13.8. The molecule has 0 saturated carbocycles. The van der Waals surface area contributed by atoms with Gasteiger partial charge in [0.1, 0.15) is 0 Å². The highest BCUT2D eigenvalue weighted by Crippen LogP contribution is 2.24. The lowest BCUT2D eigenvalue weighted by Crippen LogP contribution is -2.21. The van der Waals surface area contributed by atoms with Crippen LogP contribution in [0.15, 0.2) is 16.9 Å². The number of halogens is 1. The molecule has 0 bridgehead atoms. The van der Waals surface area contributed by atoms with Crippen molar-refractivity contribution in [1.29, 1.82) is 0 Å². The summed E-state index contributed by atoms with van der Waals surface area (Å²) in [6.07, 6.45) is 3.06. The van der Waals surface area contributed by atoms with Crippen LogP contribution >= 0.6 is 12.4 Å². The Bertz CT molecular complexity index is 348. The SMILES string of the molecule is Cl.NC1CCCc2[nH]c(=O)ccc21. The molecule has 1 aromatic rings. The van der Waals surface area contributed by atoms with Gasteiger partial charge in [-0.15, -0.1) is 12.4 Å². The summed E-state index contributed by atoms with van der Waals surface area (Å²) in [5.41, 5.74) is 7.99. The predicted molar refractivity (Wildman–Crippen MR) is 54.2 cm³/mol. The number of nitrogens with one attached hydrogen (secondary N) is 1. The van der Waals surface area contributed by atoms with Crippen molar-refractivity contribution in [3.8, 4) is 0 Å². The van der Waals surface area contributed by atoms with Crippen LogP contribution in [0.25, 0.3) is 0 Å². The normalized spacial score (nSPS) is 20.2. The van der Waals surface area contributed by atoms with E-state index in [-0.39, 0.29) is 24.0 Å². The van der Waals surface area contributed by atoms with E-state index in [1.165, 1.54) is 0 Å². The minimum absolute atomic E-state index is 0. The van der Waals surface area contributed by atoms with Crippen molar-refractivity contribution in [1.82, 2.24) is 4.98 Å². The van der Waals surface area contributed by atoms with E-state index in [1.807, 2.05) is 6.07 Å². The first-order valence-electron chi connectivity index (χ1n) is 4.25. The maximum Gasteiger partial charge on any atom is 0.248 e. The monoisotopic (exact) mass is 200 g/mol. The molecule has 0 fully saturated rings. The molecular formula is C9H13ClN2O. The fourth-order valence-electron chi connectivity index (χ4n) is 1.74. The Labute approximate surface area is 82.8 Å². The van der Waals surface area contributed by atoms with Crippen molar-refractivity contribution >= 4 is 12.4 Å². The first-order valence-corrected chi connectivity index (χ1v) is 4.25. The highest BCUT2D eigenvalue weighted by Gasteiger charge is 2.16. The lowest BCUT2D eigenvalue weighted by molar-refractivity contribution is 0.559. The van der Waals surface area contributed by atoms with Crippen LogP contribution in [0.2, 0.25) is 0 Å². The number of fused-ring (bicyclic) bond motifs is 1. The largest absolute Gasteiger partial charge is 0.326 e. The van der Waals surface area contributed by atoms with E-state index in [0.29, 0.717) is 0 Å². The molecular weight excluding hydrogens is 188 g/mol. The lowest BCUT2D eigenvalue weighted by atomic mass is 9.92. The number of rotatable bonds is 0. The van der Waals surface area contributed by atoms with Crippen LogP contribution in [0.5, 0.6) is 0 Å². The smallest absolute Gasteiger partial charge is 0.248 e. The van der Waals surface area contributed by atoms with Crippen molar-refractivity contribution in [2.24, 2.45) is 5.73 Å². The fraction of sp³-hybridized carbons (Fsp3) is 0.444. The molecule has 0 spiro atoms.